The maximum absolute atomic E-state index is 13.0. The number of alkyl halides is 3. The fourth-order valence-electron chi connectivity index (χ4n) is 1.87. The Labute approximate surface area is 143 Å². The molecule has 0 unspecified atom stereocenters. The number of nitro benzene ring substituents is 1. The minimum atomic E-state index is -4.93. The number of nitrogens with zero attached hydrogens (tertiary/aromatic N) is 2. The summed E-state index contributed by atoms with van der Waals surface area (Å²) in [5.74, 6) is -1.92. The van der Waals surface area contributed by atoms with Crippen molar-refractivity contribution in [2.45, 2.75) is 6.18 Å². The second-order valence-electron chi connectivity index (χ2n) is 4.85. The summed E-state index contributed by atoms with van der Waals surface area (Å²) in [6.45, 7) is -0.845. The van der Waals surface area contributed by atoms with Crippen molar-refractivity contribution >= 4 is 23.3 Å². The molecule has 0 atom stereocenters. The van der Waals surface area contributed by atoms with Crippen molar-refractivity contribution in [3.05, 3.63) is 64.0 Å². The molecule has 1 N–H and O–H groups in total. The van der Waals surface area contributed by atoms with Crippen LogP contribution in [0.2, 0.25) is 0 Å². The number of nitrogens with one attached hydrogen (secondary N) is 1. The lowest BCUT2D eigenvalue weighted by atomic mass is 10.1. The first-order valence-electron chi connectivity index (χ1n) is 6.91. The summed E-state index contributed by atoms with van der Waals surface area (Å²) in [5.41, 5.74) is -2.80. The monoisotopic (exact) mass is 369 g/mol. The Morgan fingerprint density at radius 3 is 2.58 bits per heavy atom. The lowest BCUT2D eigenvalue weighted by molar-refractivity contribution is -0.385. The molecule has 1 aromatic carbocycles. The predicted molar refractivity (Wildman–Crippen MR) is 81.2 cm³/mol. The van der Waals surface area contributed by atoms with Gasteiger partial charge in [-0.05, 0) is 18.2 Å². The van der Waals surface area contributed by atoms with Crippen LogP contribution in [0.1, 0.15) is 15.9 Å². The number of halogens is 3. The number of amides is 1. The van der Waals surface area contributed by atoms with Crippen molar-refractivity contribution in [1.29, 1.82) is 0 Å². The largest absolute Gasteiger partial charge is 0.452 e. The Kier molecular flexibility index (Phi) is 5.50. The molecule has 0 bridgehead atoms. The van der Waals surface area contributed by atoms with Gasteiger partial charge in [-0.15, -0.1) is 0 Å². The molecular weight excluding hydrogens is 359 g/mol. The first-order valence-corrected chi connectivity index (χ1v) is 6.91. The lowest BCUT2D eigenvalue weighted by Gasteiger charge is -2.13. The number of hydrogen-bond donors (Lipinski definition) is 1. The Morgan fingerprint density at radius 1 is 1.27 bits per heavy atom. The molecule has 0 saturated heterocycles. The summed E-state index contributed by atoms with van der Waals surface area (Å²) in [4.78, 5) is 36.7. The number of anilines is 1. The van der Waals surface area contributed by atoms with Gasteiger partial charge in [-0.1, -0.05) is 0 Å². The topological polar surface area (TPSA) is 111 Å². The molecule has 26 heavy (non-hydrogen) atoms. The van der Waals surface area contributed by atoms with Crippen LogP contribution in [0.25, 0.3) is 0 Å². The van der Waals surface area contributed by atoms with E-state index >= 15 is 0 Å². The Morgan fingerprint density at radius 2 is 2.00 bits per heavy atom. The van der Waals surface area contributed by atoms with Crippen LogP contribution in [0.15, 0.2) is 42.7 Å². The minimum absolute atomic E-state index is 0.0617. The molecule has 0 fully saturated rings. The summed E-state index contributed by atoms with van der Waals surface area (Å²) >= 11 is 0. The summed E-state index contributed by atoms with van der Waals surface area (Å²) in [5, 5.41) is 12.5. The first kappa shape index (κ1) is 18.8. The van der Waals surface area contributed by atoms with Gasteiger partial charge in [0, 0.05) is 24.5 Å². The van der Waals surface area contributed by atoms with Crippen molar-refractivity contribution in [2.75, 3.05) is 11.9 Å². The van der Waals surface area contributed by atoms with Gasteiger partial charge in [-0.3, -0.25) is 19.9 Å². The average molecular weight is 369 g/mol. The third-order valence-corrected chi connectivity index (χ3v) is 3.03. The summed E-state index contributed by atoms with van der Waals surface area (Å²) in [7, 11) is 0. The van der Waals surface area contributed by atoms with Crippen LogP contribution in [0.5, 0.6) is 0 Å². The van der Waals surface area contributed by atoms with Crippen LogP contribution < -0.4 is 5.32 Å². The molecule has 1 heterocycles. The van der Waals surface area contributed by atoms with Gasteiger partial charge in [0.25, 0.3) is 11.6 Å². The van der Waals surface area contributed by atoms with E-state index in [-0.39, 0.29) is 5.56 Å². The molecule has 136 valence electrons. The lowest BCUT2D eigenvalue weighted by Crippen LogP contribution is -2.23. The molecule has 2 aromatic rings. The quantitative estimate of drug-likeness (QED) is 0.493. The molecule has 2 rings (SSSR count). The van der Waals surface area contributed by atoms with Crippen LogP contribution in [0, 0.1) is 10.1 Å². The highest BCUT2D eigenvalue weighted by atomic mass is 19.4. The van der Waals surface area contributed by atoms with Gasteiger partial charge in [0.05, 0.1) is 21.7 Å². The van der Waals surface area contributed by atoms with Crippen molar-refractivity contribution in [3.63, 3.8) is 0 Å². The van der Waals surface area contributed by atoms with E-state index in [4.69, 9.17) is 0 Å². The van der Waals surface area contributed by atoms with Crippen LogP contribution >= 0.6 is 0 Å². The molecule has 1 aromatic heterocycles. The van der Waals surface area contributed by atoms with Crippen molar-refractivity contribution < 1.29 is 32.4 Å². The number of benzene rings is 1. The van der Waals surface area contributed by atoms with Gasteiger partial charge in [0.1, 0.15) is 0 Å². The number of hydrogen-bond acceptors (Lipinski definition) is 6. The number of carbonyl (C=O) groups is 2. The molecule has 0 saturated carbocycles. The van der Waals surface area contributed by atoms with Crippen LogP contribution in [-0.4, -0.2) is 28.4 Å². The van der Waals surface area contributed by atoms with Gasteiger partial charge in [-0.2, -0.15) is 13.2 Å². The van der Waals surface area contributed by atoms with Crippen LogP contribution in [0.4, 0.5) is 24.5 Å². The summed E-state index contributed by atoms with van der Waals surface area (Å²) < 4.78 is 43.7. The van der Waals surface area contributed by atoms with E-state index in [1.54, 1.807) is 0 Å². The maximum Gasteiger partial charge on any atom is 0.418 e. The van der Waals surface area contributed by atoms with Crippen LogP contribution in [-0.2, 0) is 15.7 Å². The molecule has 1 amide bonds. The first-order chi connectivity index (χ1) is 12.2. The highest BCUT2D eigenvalue weighted by Crippen LogP contribution is 2.37. The second-order valence-corrected chi connectivity index (χ2v) is 4.85. The van der Waals surface area contributed by atoms with Crippen molar-refractivity contribution in [3.8, 4) is 0 Å². The number of nitro groups is 1. The van der Waals surface area contributed by atoms with Gasteiger partial charge < -0.3 is 10.1 Å². The normalized spacial score (nSPS) is 10.9. The van der Waals surface area contributed by atoms with E-state index in [0.29, 0.717) is 6.07 Å². The van der Waals surface area contributed by atoms with E-state index in [1.807, 2.05) is 5.32 Å². The van der Waals surface area contributed by atoms with Gasteiger partial charge in [-0.25, -0.2) is 4.79 Å². The number of aromatic nitrogens is 1. The molecule has 0 aliphatic heterocycles. The fraction of sp³-hybridized carbons (Fsp3) is 0.133. The zero-order chi connectivity index (χ0) is 19.3. The SMILES string of the molecule is O=C(COC(=O)c1cccnc1)Nc1ccc([N+](=O)[O-])cc1C(F)(F)F. The predicted octanol–water partition coefficient (Wildman–Crippen LogP) is 2.80. The second kappa shape index (κ2) is 7.59. The van der Waals surface area contributed by atoms with Crippen LogP contribution in [0.3, 0.4) is 0 Å². The van der Waals surface area contributed by atoms with E-state index < -0.39 is 46.5 Å². The standard InChI is InChI=1S/C15H10F3N3O5/c16-15(17,18)11-6-10(21(24)25)3-4-12(11)20-13(22)8-26-14(23)9-2-1-5-19-7-9/h1-7H,8H2,(H,20,22). The smallest absolute Gasteiger partial charge is 0.418 e. The number of ether oxygens (including phenoxy) is 1. The minimum Gasteiger partial charge on any atom is -0.452 e. The van der Waals surface area contributed by atoms with E-state index in [0.717, 1.165) is 12.1 Å². The Balaban J connectivity index is 2.09. The van der Waals surface area contributed by atoms with E-state index in [1.165, 1.54) is 24.5 Å². The Bertz CT molecular complexity index is 840. The number of carbonyl (C=O) groups excluding carboxylic acids is 2. The molecule has 0 aliphatic carbocycles. The van der Waals surface area contributed by atoms with Crippen molar-refractivity contribution in [1.82, 2.24) is 4.98 Å². The van der Waals surface area contributed by atoms with Gasteiger partial charge in [0.15, 0.2) is 6.61 Å². The molecule has 0 radical (unpaired) electrons. The van der Waals surface area contributed by atoms with Crippen molar-refractivity contribution in [2.24, 2.45) is 0 Å². The third-order valence-electron chi connectivity index (χ3n) is 3.03. The zero-order valence-electron chi connectivity index (χ0n) is 12.8. The number of esters is 1. The highest BCUT2D eigenvalue weighted by Gasteiger charge is 2.35. The highest BCUT2D eigenvalue weighted by molar-refractivity contribution is 5.96. The average Bonchev–Trinajstić information content (AvgIpc) is 2.59. The number of rotatable bonds is 5. The fourth-order valence-corrected chi connectivity index (χ4v) is 1.87. The number of pyridine rings is 1. The number of non-ortho nitro benzene ring substituents is 1. The molecule has 0 aliphatic rings. The molecule has 0 spiro atoms. The van der Waals surface area contributed by atoms with Gasteiger partial charge >= 0.3 is 12.1 Å². The molecule has 8 nitrogen and oxygen atoms in total. The Hall–Kier alpha value is -3.50. The zero-order valence-corrected chi connectivity index (χ0v) is 12.8. The molecule has 11 heteroatoms. The van der Waals surface area contributed by atoms with E-state index in [9.17, 15) is 32.9 Å². The van der Waals surface area contributed by atoms with Gasteiger partial charge in [0.2, 0.25) is 0 Å². The maximum atomic E-state index is 13.0. The summed E-state index contributed by atoms with van der Waals surface area (Å²) in [6.07, 6.45) is -2.32. The third kappa shape index (κ3) is 4.75. The molecular formula is C15H10F3N3O5. The van der Waals surface area contributed by atoms with E-state index in [2.05, 4.69) is 9.72 Å². The summed E-state index contributed by atoms with van der Waals surface area (Å²) in [6, 6.07) is 4.71.